The fourth-order valence-electron chi connectivity index (χ4n) is 5.91. The van der Waals surface area contributed by atoms with Gasteiger partial charge in [0.1, 0.15) is 39.2 Å². The number of rotatable bonds is 3. The molecule has 1 aliphatic rings. The van der Waals surface area contributed by atoms with Gasteiger partial charge < -0.3 is 0 Å². The average molecular weight is 438 g/mol. The largest absolute Gasteiger partial charge is 0.138 e. The van der Waals surface area contributed by atoms with Gasteiger partial charge in [0, 0.05) is 5.02 Å². The fraction of sp³-hybridized carbons (Fsp3) is 0.0370. The first-order valence-electron chi connectivity index (χ1n) is 11.5. The highest BCUT2D eigenvalue weighted by Gasteiger charge is 2.47. The topological polar surface area (TPSA) is 0 Å². The molecule has 0 saturated heterocycles. The maximum atomic E-state index is 6.67. The Balaban J connectivity index is 2.04. The molecule has 0 heterocycles. The summed E-state index contributed by atoms with van der Waals surface area (Å²) in [5.74, 6) is 0. The van der Waals surface area contributed by atoms with E-state index in [0.29, 0.717) is 0 Å². The summed E-state index contributed by atoms with van der Waals surface area (Å²) in [6, 6.07) is 24.1. The zero-order valence-electron chi connectivity index (χ0n) is 20.0. The summed E-state index contributed by atoms with van der Waals surface area (Å²) >= 11 is 6.67. The van der Waals surface area contributed by atoms with Gasteiger partial charge in [-0.1, -0.05) is 89.8 Å². The first kappa shape index (κ1) is 22.0. The van der Waals surface area contributed by atoms with Crippen molar-refractivity contribution >= 4 is 84.2 Å². The summed E-state index contributed by atoms with van der Waals surface area (Å²) in [6.45, 7) is 3.96. The van der Waals surface area contributed by atoms with Crippen LogP contribution in [0.4, 0.5) is 0 Å². The van der Waals surface area contributed by atoms with E-state index >= 15 is 0 Å². The Morgan fingerprint density at radius 2 is 1.24 bits per heavy atom. The summed E-state index contributed by atoms with van der Waals surface area (Å²) in [4.78, 5) is 0. The molecule has 33 heavy (non-hydrogen) atoms. The maximum absolute atomic E-state index is 6.67. The number of hydrogen-bond acceptors (Lipinski definition) is 0. The van der Waals surface area contributed by atoms with Crippen molar-refractivity contribution in [1.29, 1.82) is 0 Å². The quantitative estimate of drug-likeness (QED) is 0.306. The molecule has 1 atom stereocenters. The second-order valence-electron chi connectivity index (χ2n) is 9.31. The predicted octanol–water partition coefficient (Wildman–Crippen LogP) is -1.36. The molecule has 0 aliphatic heterocycles. The lowest BCUT2D eigenvalue weighted by Gasteiger charge is -2.38. The van der Waals surface area contributed by atoms with Gasteiger partial charge in [0.05, 0.1) is 5.41 Å². The van der Waals surface area contributed by atoms with Gasteiger partial charge in [-0.15, -0.1) is 16.4 Å². The molecular formula is C27H24B5Cl. The summed E-state index contributed by atoms with van der Waals surface area (Å²) in [6.07, 6.45) is 1.90. The van der Waals surface area contributed by atoms with Crippen molar-refractivity contribution in [2.75, 3.05) is 0 Å². The van der Waals surface area contributed by atoms with Crippen LogP contribution in [0.15, 0.2) is 73.3 Å². The highest BCUT2D eigenvalue weighted by atomic mass is 35.5. The zero-order valence-corrected chi connectivity index (χ0v) is 20.8. The van der Waals surface area contributed by atoms with E-state index in [1.165, 1.54) is 60.7 Å². The van der Waals surface area contributed by atoms with E-state index in [1.54, 1.807) is 0 Å². The molecular weight excluding hydrogens is 414 g/mol. The molecule has 0 N–H and O–H groups in total. The van der Waals surface area contributed by atoms with Crippen molar-refractivity contribution in [2.45, 2.75) is 5.41 Å². The van der Waals surface area contributed by atoms with Crippen LogP contribution in [-0.4, -0.2) is 39.2 Å². The van der Waals surface area contributed by atoms with Gasteiger partial charge >= 0.3 is 0 Å². The molecule has 1 unspecified atom stereocenters. The molecule has 0 nitrogen and oxygen atoms in total. The van der Waals surface area contributed by atoms with Gasteiger partial charge in [-0.25, -0.2) is 0 Å². The van der Waals surface area contributed by atoms with Gasteiger partial charge in [-0.2, -0.15) is 0 Å². The average Bonchev–Trinajstić information content (AvgIpc) is 3.12. The number of fused-ring (bicyclic) bond motifs is 3. The molecule has 4 aromatic carbocycles. The molecule has 0 bridgehead atoms. The lowest BCUT2D eigenvalue weighted by Crippen LogP contribution is -2.59. The van der Waals surface area contributed by atoms with Crippen LogP contribution in [0, 0.1) is 0 Å². The smallest absolute Gasteiger partial charge is 0.102 e. The number of halogens is 1. The zero-order chi connectivity index (χ0) is 23.5. The van der Waals surface area contributed by atoms with E-state index in [1.807, 2.05) is 12.1 Å². The third-order valence-corrected chi connectivity index (χ3v) is 8.20. The normalized spacial score (nSPS) is 16.3. The standard InChI is InChI=1S/C27H24B5Cl/c1-2-14-7-9-15(10-8-14)27(21-22(28)24(30)26(32)25(31)23(21)29)19-6-4-3-5-17(19)18-12-11-16(33)13-20(18)27/h2-13H,1,28-32H2. The van der Waals surface area contributed by atoms with Crippen LogP contribution in [0.5, 0.6) is 0 Å². The van der Waals surface area contributed by atoms with Gasteiger partial charge in [0.25, 0.3) is 0 Å². The van der Waals surface area contributed by atoms with E-state index in [9.17, 15) is 0 Å². The minimum atomic E-state index is -0.437. The molecule has 4 aromatic rings. The predicted molar refractivity (Wildman–Crippen MR) is 160 cm³/mol. The molecule has 1 aliphatic carbocycles. The highest BCUT2D eigenvalue weighted by molar-refractivity contribution is 6.67. The monoisotopic (exact) mass is 438 g/mol. The van der Waals surface area contributed by atoms with Gasteiger partial charge in [-0.3, -0.25) is 0 Å². The lowest BCUT2D eigenvalue weighted by atomic mass is 9.53. The minimum Gasteiger partial charge on any atom is -0.102 e. The van der Waals surface area contributed by atoms with Crippen molar-refractivity contribution < 1.29 is 0 Å². The van der Waals surface area contributed by atoms with Crippen molar-refractivity contribution in [3.8, 4) is 11.1 Å². The summed E-state index contributed by atoms with van der Waals surface area (Å²) in [5, 5.41) is 0.768. The molecule has 0 aromatic heterocycles. The first-order valence-corrected chi connectivity index (χ1v) is 11.9. The second kappa shape index (κ2) is 7.92. The molecule has 0 radical (unpaired) electrons. The van der Waals surface area contributed by atoms with Crippen LogP contribution in [0.3, 0.4) is 0 Å². The third kappa shape index (κ3) is 2.98. The van der Waals surface area contributed by atoms with E-state index in [2.05, 4.69) is 106 Å². The van der Waals surface area contributed by atoms with Gasteiger partial charge in [0.2, 0.25) is 0 Å². The Morgan fingerprint density at radius 3 is 1.88 bits per heavy atom. The van der Waals surface area contributed by atoms with Crippen molar-refractivity contribution in [3.63, 3.8) is 0 Å². The van der Waals surface area contributed by atoms with Crippen LogP contribution in [0.1, 0.15) is 27.8 Å². The third-order valence-electron chi connectivity index (χ3n) is 7.96. The van der Waals surface area contributed by atoms with Crippen LogP contribution in [-0.2, 0) is 5.41 Å². The van der Waals surface area contributed by atoms with E-state index in [0.717, 1.165) is 10.6 Å². The molecule has 154 valence electrons. The van der Waals surface area contributed by atoms with E-state index in [-0.39, 0.29) is 0 Å². The first-order chi connectivity index (χ1) is 15.8. The number of hydrogen-bond donors (Lipinski definition) is 0. The highest BCUT2D eigenvalue weighted by Crippen LogP contribution is 2.55. The molecule has 6 heteroatoms. The Morgan fingerprint density at radius 1 is 0.667 bits per heavy atom. The van der Waals surface area contributed by atoms with Crippen molar-refractivity contribution in [2.24, 2.45) is 0 Å². The molecule has 0 saturated carbocycles. The Hall–Kier alpha value is -2.77. The summed E-state index contributed by atoms with van der Waals surface area (Å²) in [5.41, 5.74) is 15.3. The minimum absolute atomic E-state index is 0.437. The van der Waals surface area contributed by atoms with Crippen molar-refractivity contribution in [3.05, 3.63) is 106 Å². The Labute approximate surface area is 206 Å². The van der Waals surface area contributed by atoms with E-state index < -0.39 is 5.41 Å². The van der Waals surface area contributed by atoms with Gasteiger partial charge in [0.15, 0.2) is 0 Å². The van der Waals surface area contributed by atoms with Crippen LogP contribution >= 0.6 is 11.6 Å². The van der Waals surface area contributed by atoms with Crippen LogP contribution in [0.2, 0.25) is 5.02 Å². The van der Waals surface area contributed by atoms with E-state index in [4.69, 9.17) is 11.6 Å². The van der Waals surface area contributed by atoms with Gasteiger partial charge in [-0.05, 0) is 51.1 Å². The van der Waals surface area contributed by atoms with Crippen LogP contribution in [0.25, 0.3) is 17.2 Å². The summed E-state index contributed by atoms with van der Waals surface area (Å²) < 4.78 is 0. The number of benzene rings is 4. The Kier molecular flexibility index (Phi) is 5.29. The summed E-state index contributed by atoms with van der Waals surface area (Å²) in [7, 11) is 11.3. The lowest BCUT2D eigenvalue weighted by molar-refractivity contribution is 0.780. The van der Waals surface area contributed by atoms with Crippen LogP contribution < -0.4 is 27.3 Å². The SMILES string of the molecule is Bc1c(B)c(B)c(C2(c3ccc(C=C)cc3)c3ccccc3-c3ccc(Cl)cc32)c(B)c1B. The Bertz CT molecular complexity index is 1410. The molecule has 0 spiro atoms. The molecule has 0 fully saturated rings. The fourth-order valence-corrected chi connectivity index (χ4v) is 6.08. The maximum Gasteiger partial charge on any atom is 0.138 e. The second-order valence-corrected chi connectivity index (χ2v) is 9.75. The molecule has 0 amide bonds. The van der Waals surface area contributed by atoms with Crippen molar-refractivity contribution in [1.82, 2.24) is 0 Å². The molecule has 5 rings (SSSR count).